The minimum atomic E-state index is -0.975. The quantitative estimate of drug-likeness (QED) is 0.339. The Bertz CT molecular complexity index is 1270. The summed E-state index contributed by atoms with van der Waals surface area (Å²) in [6, 6.07) is 10.6. The van der Waals surface area contributed by atoms with Gasteiger partial charge in [0.2, 0.25) is 0 Å². The molecular formula is C26H24FN3O6. The number of hydrogen-bond donors (Lipinski definition) is 3. The van der Waals surface area contributed by atoms with Gasteiger partial charge in [0.05, 0.1) is 18.7 Å². The summed E-state index contributed by atoms with van der Waals surface area (Å²) in [5.74, 6) is -3.36. The maximum absolute atomic E-state index is 14.6. The highest BCUT2D eigenvalue weighted by Crippen LogP contribution is 2.30. The van der Waals surface area contributed by atoms with Gasteiger partial charge in [-0.05, 0) is 49.4 Å². The van der Waals surface area contributed by atoms with Gasteiger partial charge in [-0.1, -0.05) is 12.1 Å². The SMILES string of the molecule is COc1ccc(O)c(C(=O)c2ccc(C(=O)OC3CCNC[C@H]3NC(=O)c3ccncc3)cc2)c1F. The van der Waals surface area contributed by atoms with E-state index in [-0.39, 0.29) is 22.8 Å². The third kappa shape index (κ3) is 5.33. The number of nitrogens with zero attached hydrogens (tertiary/aromatic N) is 1. The number of carbonyl (C=O) groups is 3. The Labute approximate surface area is 206 Å². The molecule has 0 bridgehead atoms. The molecular weight excluding hydrogens is 469 g/mol. The smallest absolute Gasteiger partial charge is 0.338 e. The first-order valence-electron chi connectivity index (χ1n) is 11.2. The predicted octanol–water partition coefficient (Wildman–Crippen LogP) is 2.48. The molecule has 0 spiro atoms. The lowest BCUT2D eigenvalue weighted by molar-refractivity contribution is 0.0127. The average molecular weight is 493 g/mol. The van der Waals surface area contributed by atoms with Crippen molar-refractivity contribution in [2.24, 2.45) is 0 Å². The monoisotopic (exact) mass is 493 g/mol. The molecule has 3 aromatic rings. The number of carbonyl (C=O) groups excluding carboxylic acids is 3. The van der Waals surface area contributed by atoms with Crippen molar-refractivity contribution < 1.29 is 33.4 Å². The van der Waals surface area contributed by atoms with E-state index in [4.69, 9.17) is 9.47 Å². The van der Waals surface area contributed by atoms with Crippen LogP contribution in [0.5, 0.6) is 11.5 Å². The van der Waals surface area contributed by atoms with Gasteiger partial charge in [0.25, 0.3) is 5.91 Å². The number of nitrogens with one attached hydrogen (secondary N) is 2. The fourth-order valence-corrected chi connectivity index (χ4v) is 3.90. The van der Waals surface area contributed by atoms with E-state index in [2.05, 4.69) is 15.6 Å². The number of esters is 1. The second kappa shape index (κ2) is 11.0. The topological polar surface area (TPSA) is 127 Å². The first-order valence-corrected chi connectivity index (χ1v) is 11.2. The largest absolute Gasteiger partial charge is 0.507 e. The molecule has 4 rings (SSSR count). The number of amides is 1. The van der Waals surface area contributed by atoms with Crippen molar-refractivity contribution in [2.75, 3.05) is 20.2 Å². The number of benzene rings is 2. The molecule has 0 saturated carbocycles. The fourth-order valence-electron chi connectivity index (χ4n) is 3.90. The number of methoxy groups -OCH3 is 1. The Morgan fingerprint density at radius 3 is 2.42 bits per heavy atom. The highest BCUT2D eigenvalue weighted by molar-refractivity contribution is 6.11. The molecule has 36 heavy (non-hydrogen) atoms. The van der Waals surface area contributed by atoms with Crippen molar-refractivity contribution in [1.82, 2.24) is 15.6 Å². The number of phenolic OH excluding ortho intramolecular Hbond substituents is 1. The predicted molar refractivity (Wildman–Crippen MR) is 127 cm³/mol. The van der Waals surface area contributed by atoms with E-state index in [9.17, 15) is 23.9 Å². The van der Waals surface area contributed by atoms with Crippen molar-refractivity contribution in [3.8, 4) is 11.5 Å². The Balaban J connectivity index is 1.45. The Hall–Kier alpha value is -4.31. The van der Waals surface area contributed by atoms with Gasteiger partial charge in [-0.25, -0.2) is 9.18 Å². The van der Waals surface area contributed by atoms with Crippen LogP contribution < -0.4 is 15.4 Å². The van der Waals surface area contributed by atoms with Crippen LogP contribution >= 0.6 is 0 Å². The highest BCUT2D eigenvalue weighted by Gasteiger charge is 2.30. The number of ether oxygens (including phenoxy) is 2. The van der Waals surface area contributed by atoms with E-state index < -0.39 is 41.0 Å². The third-order valence-corrected chi connectivity index (χ3v) is 5.85. The second-order valence-corrected chi connectivity index (χ2v) is 8.13. The zero-order valence-corrected chi connectivity index (χ0v) is 19.4. The third-order valence-electron chi connectivity index (χ3n) is 5.85. The van der Waals surface area contributed by atoms with Crippen LogP contribution in [0.15, 0.2) is 60.9 Å². The molecule has 10 heteroatoms. The van der Waals surface area contributed by atoms with Crippen LogP contribution in [0.4, 0.5) is 4.39 Å². The number of pyridine rings is 1. The first kappa shape index (κ1) is 24.8. The normalized spacial score (nSPS) is 17.2. The van der Waals surface area contributed by atoms with Gasteiger partial charge in [-0.3, -0.25) is 14.6 Å². The van der Waals surface area contributed by atoms with Crippen molar-refractivity contribution >= 4 is 17.7 Å². The Morgan fingerprint density at radius 2 is 1.72 bits per heavy atom. The summed E-state index contributed by atoms with van der Waals surface area (Å²) in [6.45, 7) is 1.04. The van der Waals surface area contributed by atoms with Gasteiger partial charge in [-0.15, -0.1) is 0 Å². The molecule has 0 aliphatic carbocycles. The summed E-state index contributed by atoms with van der Waals surface area (Å²) >= 11 is 0. The van der Waals surface area contributed by atoms with Gasteiger partial charge in [0.15, 0.2) is 17.3 Å². The summed E-state index contributed by atoms with van der Waals surface area (Å²) in [5, 5.41) is 16.1. The van der Waals surface area contributed by atoms with E-state index in [1.54, 1.807) is 12.1 Å². The maximum atomic E-state index is 14.6. The Kier molecular flexibility index (Phi) is 7.55. The van der Waals surface area contributed by atoms with E-state index in [0.29, 0.717) is 25.1 Å². The molecule has 2 aromatic carbocycles. The molecule has 1 aliphatic heterocycles. The number of halogens is 1. The van der Waals surface area contributed by atoms with Crippen LogP contribution in [-0.2, 0) is 4.74 Å². The minimum Gasteiger partial charge on any atom is -0.507 e. The summed E-state index contributed by atoms with van der Waals surface area (Å²) in [7, 11) is 1.25. The van der Waals surface area contributed by atoms with Crippen LogP contribution in [0.25, 0.3) is 0 Å². The van der Waals surface area contributed by atoms with Crippen molar-refractivity contribution in [3.63, 3.8) is 0 Å². The summed E-state index contributed by atoms with van der Waals surface area (Å²) in [4.78, 5) is 42.0. The van der Waals surface area contributed by atoms with Crippen LogP contribution in [0, 0.1) is 5.82 Å². The average Bonchev–Trinajstić information content (AvgIpc) is 2.90. The number of aromatic nitrogens is 1. The first-order chi connectivity index (χ1) is 17.4. The summed E-state index contributed by atoms with van der Waals surface area (Å²) < 4.78 is 25.1. The van der Waals surface area contributed by atoms with Crippen molar-refractivity contribution in [1.29, 1.82) is 0 Å². The molecule has 186 valence electrons. The standard InChI is InChI=1S/C26H24FN3O6/c1-35-21-7-6-19(31)22(23(21)27)24(32)15-2-4-17(5-3-15)26(34)36-20-10-13-29-14-18(20)30-25(33)16-8-11-28-12-9-16/h2-9,11-12,18,20,29,31H,10,13-14H2,1H3,(H,30,33)/t18-,20?/m1/s1. The molecule has 0 radical (unpaired) electrons. The number of piperidine rings is 1. The van der Waals surface area contributed by atoms with Gasteiger partial charge < -0.3 is 25.2 Å². The number of ketones is 1. The summed E-state index contributed by atoms with van der Waals surface area (Å²) in [6.07, 6.45) is 2.97. The van der Waals surface area contributed by atoms with E-state index >= 15 is 0 Å². The van der Waals surface area contributed by atoms with Crippen LogP contribution in [0.1, 0.15) is 43.1 Å². The molecule has 1 amide bonds. The van der Waals surface area contributed by atoms with Crippen molar-refractivity contribution in [2.45, 2.75) is 18.6 Å². The van der Waals surface area contributed by atoms with Gasteiger partial charge in [0, 0.05) is 30.1 Å². The number of hydrogen-bond acceptors (Lipinski definition) is 8. The molecule has 9 nitrogen and oxygen atoms in total. The molecule has 3 N–H and O–H groups in total. The van der Waals surface area contributed by atoms with Gasteiger partial charge >= 0.3 is 5.97 Å². The number of phenols is 1. The van der Waals surface area contributed by atoms with Crippen LogP contribution in [-0.4, -0.2) is 60.1 Å². The lowest BCUT2D eigenvalue weighted by Crippen LogP contribution is -2.55. The maximum Gasteiger partial charge on any atom is 0.338 e. The molecule has 1 saturated heterocycles. The molecule has 1 unspecified atom stereocenters. The lowest BCUT2D eigenvalue weighted by Gasteiger charge is -2.32. The zero-order valence-electron chi connectivity index (χ0n) is 19.4. The lowest BCUT2D eigenvalue weighted by atomic mass is 10.00. The molecule has 1 aromatic heterocycles. The Morgan fingerprint density at radius 1 is 1.03 bits per heavy atom. The molecule has 2 heterocycles. The van der Waals surface area contributed by atoms with Crippen LogP contribution in [0.3, 0.4) is 0 Å². The van der Waals surface area contributed by atoms with Gasteiger partial charge in [-0.2, -0.15) is 0 Å². The van der Waals surface area contributed by atoms with Gasteiger partial charge in [0.1, 0.15) is 17.4 Å². The van der Waals surface area contributed by atoms with E-state index in [1.807, 2.05) is 0 Å². The summed E-state index contributed by atoms with van der Waals surface area (Å²) in [5.41, 5.74) is 0.171. The highest BCUT2D eigenvalue weighted by atomic mass is 19.1. The van der Waals surface area contributed by atoms with Crippen LogP contribution in [0.2, 0.25) is 0 Å². The van der Waals surface area contributed by atoms with E-state index in [0.717, 1.165) is 0 Å². The molecule has 2 atom stereocenters. The number of aromatic hydroxyl groups is 1. The van der Waals surface area contributed by atoms with Crippen molar-refractivity contribution in [3.05, 3.63) is 89.0 Å². The van der Waals surface area contributed by atoms with E-state index in [1.165, 1.54) is 55.9 Å². The fraction of sp³-hybridized carbons (Fsp3) is 0.231. The minimum absolute atomic E-state index is 0.0679. The molecule has 1 fully saturated rings. The molecule has 1 aliphatic rings. The number of rotatable bonds is 7. The zero-order chi connectivity index (χ0) is 25.7. The second-order valence-electron chi connectivity index (χ2n) is 8.13.